The van der Waals surface area contributed by atoms with Crippen LogP contribution >= 0.6 is 0 Å². The van der Waals surface area contributed by atoms with Crippen LogP contribution < -0.4 is 5.73 Å². The lowest BCUT2D eigenvalue weighted by atomic mass is 9.90. The Morgan fingerprint density at radius 1 is 1.21 bits per heavy atom. The van der Waals surface area contributed by atoms with Gasteiger partial charge in [0, 0.05) is 29.8 Å². The van der Waals surface area contributed by atoms with Gasteiger partial charge in [0.25, 0.3) is 0 Å². The summed E-state index contributed by atoms with van der Waals surface area (Å²) in [6.07, 6.45) is 5.04. The highest BCUT2D eigenvalue weighted by Gasteiger charge is 2.39. The molecule has 0 saturated carbocycles. The minimum absolute atomic E-state index is 0.409. The first-order valence-corrected chi connectivity index (χ1v) is 7.41. The first kappa shape index (κ1) is 12.9. The Balaban J connectivity index is 1.87. The van der Waals surface area contributed by atoms with Crippen molar-refractivity contribution in [3.63, 3.8) is 0 Å². The van der Waals surface area contributed by atoms with Gasteiger partial charge in [0.1, 0.15) is 11.6 Å². The second kappa shape index (κ2) is 4.75. The molecule has 19 heavy (non-hydrogen) atoms. The fourth-order valence-electron chi connectivity index (χ4n) is 3.61. The highest BCUT2D eigenvalue weighted by molar-refractivity contribution is 5.32. The first-order valence-electron chi connectivity index (χ1n) is 7.41. The third-order valence-corrected chi connectivity index (χ3v) is 4.84. The zero-order valence-corrected chi connectivity index (χ0v) is 12.1. The summed E-state index contributed by atoms with van der Waals surface area (Å²) in [6, 6.07) is 3.35. The molecule has 4 heteroatoms. The summed E-state index contributed by atoms with van der Waals surface area (Å²) >= 11 is 0. The predicted molar refractivity (Wildman–Crippen MR) is 77.1 cm³/mol. The molecule has 2 unspecified atom stereocenters. The number of piperidine rings is 1. The van der Waals surface area contributed by atoms with Gasteiger partial charge in [0.15, 0.2) is 0 Å². The number of nitrogens with two attached hydrogens (primary N) is 1. The average Bonchev–Trinajstić information content (AvgIpc) is 2.61. The van der Waals surface area contributed by atoms with Gasteiger partial charge >= 0.3 is 0 Å². The van der Waals surface area contributed by atoms with E-state index in [4.69, 9.17) is 10.7 Å². The lowest BCUT2D eigenvalue weighted by molar-refractivity contribution is 0.159. The minimum Gasteiger partial charge on any atom is -0.384 e. The standard InChI is InChI=1S/C15H24N4/c1-9(2)13-8-14(16)18-15(17-13)10-6-11-4-5-12(7-10)19(11)3/h8-12H,4-7H2,1-3H3,(H2,16,17,18). The molecule has 3 heterocycles. The summed E-state index contributed by atoms with van der Waals surface area (Å²) in [5.74, 6) is 2.51. The Kier molecular flexibility index (Phi) is 3.21. The normalized spacial score (nSPS) is 31.1. The maximum absolute atomic E-state index is 5.95. The van der Waals surface area contributed by atoms with Crippen molar-refractivity contribution in [2.75, 3.05) is 12.8 Å². The van der Waals surface area contributed by atoms with E-state index in [9.17, 15) is 0 Å². The number of nitrogen functional groups attached to an aromatic ring is 1. The summed E-state index contributed by atoms with van der Waals surface area (Å²) in [6.45, 7) is 4.31. The molecule has 2 bridgehead atoms. The summed E-state index contributed by atoms with van der Waals surface area (Å²) in [5, 5.41) is 0. The minimum atomic E-state index is 0.409. The van der Waals surface area contributed by atoms with E-state index < -0.39 is 0 Å². The van der Waals surface area contributed by atoms with E-state index >= 15 is 0 Å². The summed E-state index contributed by atoms with van der Waals surface area (Å²) in [5.41, 5.74) is 7.03. The van der Waals surface area contributed by atoms with Crippen LogP contribution in [-0.2, 0) is 0 Å². The van der Waals surface area contributed by atoms with E-state index in [-0.39, 0.29) is 0 Å². The molecule has 2 aliphatic rings. The number of fused-ring (bicyclic) bond motifs is 2. The largest absolute Gasteiger partial charge is 0.384 e. The van der Waals surface area contributed by atoms with E-state index in [1.54, 1.807) is 0 Å². The van der Waals surface area contributed by atoms with Crippen LogP contribution in [0.15, 0.2) is 6.07 Å². The van der Waals surface area contributed by atoms with Gasteiger partial charge in [-0.25, -0.2) is 9.97 Å². The van der Waals surface area contributed by atoms with Crippen LogP contribution in [0.1, 0.15) is 62.9 Å². The van der Waals surface area contributed by atoms with Crippen LogP contribution in [0.3, 0.4) is 0 Å². The quantitative estimate of drug-likeness (QED) is 0.887. The molecular weight excluding hydrogens is 236 g/mol. The third-order valence-electron chi connectivity index (χ3n) is 4.84. The lowest BCUT2D eigenvalue weighted by Crippen LogP contribution is -2.39. The van der Waals surface area contributed by atoms with Crippen molar-refractivity contribution >= 4 is 5.82 Å². The SMILES string of the molecule is CC(C)c1cc(N)nc(C2CC3CCC(C2)N3C)n1. The molecule has 2 atom stereocenters. The van der Waals surface area contributed by atoms with Crippen molar-refractivity contribution < 1.29 is 0 Å². The molecule has 3 rings (SSSR count). The number of hydrogen-bond acceptors (Lipinski definition) is 4. The van der Waals surface area contributed by atoms with Crippen LogP contribution in [0.25, 0.3) is 0 Å². The number of hydrogen-bond donors (Lipinski definition) is 1. The number of rotatable bonds is 2. The van der Waals surface area contributed by atoms with Gasteiger partial charge < -0.3 is 10.6 Å². The Morgan fingerprint density at radius 2 is 1.84 bits per heavy atom. The fourth-order valence-corrected chi connectivity index (χ4v) is 3.61. The molecule has 0 aromatic carbocycles. The second-order valence-electron chi connectivity index (χ2n) is 6.45. The highest BCUT2D eigenvalue weighted by Crippen LogP contribution is 2.41. The molecular formula is C15H24N4. The number of anilines is 1. The zero-order valence-electron chi connectivity index (χ0n) is 12.1. The topological polar surface area (TPSA) is 55.0 Å². The summed E-state index contributed by atoms with van der Waals surface area (Å²) < 4.78 is 0. The molecule has 0 amide bonds. The van der Waals surface area contributed by atoms with Gasteiger partial charge in [0.2, 0.25) is 0 Å². The number of aromatic nitrogens is 2. The monoisotopic (exact) mass is 260 g/mol. The van der Waals surface area contributed by atoms with E-state index in [1.807, 2.05) is 6.07 Å². The molecule has 1 aromatic heterocycles. The third kappa shape index (κ3) is 2.34. The first-order chi connectivity index (χ1) is 9.04. The van der Waals surface area contributed by atoms with Gasteiger partial charge in [0.05, 0.1) is 0 Å². The van der Waals surface area contributed by atoms with Crippen molar-refractivity contribution in [2.24, 2.45) is 0 Å². The fraction of sp³-hybridized carbons (Fsp3) is 0.733. The van der Waals surface area contributed by atoms with Crippen LogP contribution in [0.2, 0.25) is 0 Å². The van der Waals surface area contributed by atoms with Crippen LogP contribution in [0.5, 0.6) is 0 Å². The molecule has 2 aliphatic heterocycles. The molecule has 0 radical (unpaired) electrons. The molecule has 4 nitrogen and oxygen atoms in total. The van der Waals surface area contributed by atoms with Crippen molar-refractivity contribution in [3.8, 4) is 0 Å². The molecule has 104 valence electrons. The maximum Gasteiger partial charge on any atom is 0.134 e. The van der Waals surface area contributed by atoms with Crippen LogP contribution in [-0.4, -0.2) is 34.0 Å². The summed E-state index contributed by atoms with van der Waals surface area (Å²) in [4.78, 5) is 11.8. The van der Waals surface area contributed by atoms with Crippen molar-refractivity contribution in [1.82, 2.24) is 14.9 Å². The van der Waals surface area contributed by atoms with Gasteiger partial charge in [-0.3, -0.25) is 0 Å². The van der Waals surface area contributed by atoms with Gasteiger partial charge in [-0.2, -0.15) is 0 Å². The summed E-state index contributed by atoms with van der Waals surface area (Å²) in [7, 11) is 2.26. The maximum atomic E-state index is 5.95. The van der Waals surface area contributed by atoms with Crippen molar-refractivity contribution in [3.05, 3.63) is 17.6 Å². The predicted octanol–water partition coefficient (Wildman–Crippen LogP) is 2.52. The van der Waals surface area contributed by atoms with E-state index in [2.05, 4.69) is 30.8 Å². The van der Waals surface area contributed by atoms with Crippen molar-refractivity contribution in [1.29, 1.82) is 0 Å². The van der Waals surface area contributed by atoms with Crippen LogP contribution in [0.4, 0.5) is 5.82 Å². The second-order valence-corrected chi connectivity index (χ2v) is 6.45. The molecule has 2 N–H and O–H groups in total. The Morgan fingerprint density at radius 3 is 2.42 bits per heavy atom. The van der Waals surface area contributed by atoms with Gasteiger partial charge in [-0.15, -0.1) is 0 Å². The molecule has 1 aromatic rings. The van der Waals surface area contributed by atoms with E-state index in [0.717, 1.165) is 23.6 Å². The molecule has 0 aliphatic carbocycles. The molecule has 2 saturated heterocycles. The van der Waals surface area contributed by atoms with Crippen LogP contribution in [0, 0.1) is 0 Å². The Labute approximate surface area is 115 Å². The van der Waals surface area contributed by atoms with Gasteiger partial charge in [-0.05, 0) is 38.6 Å². The smallest absolute Gasteiger partial charge is 0.134 e. The number of nitrogens with zero attached hydrogens (tertiary/aromatic N) is 3. The average molecular weight is 260 g/mol. The lowest BCUT2D eigenvalue weighted by Gasteiger charge is -2.35. The van der Waals surface area contributed by atoms with Crippen molar-refractivity contribution in [2.45, 2.75) is 63.5 Å². The van der Waals surface area contributed by atoms with Gasteiger partial charge in [-0.1, -0.05) is 13.8 Å². The zero-order chi connectivity index (χ0) is 13.6. The Bertz CT molecular complexity index is 457. The molecule has 2 fully saturated rings. The molecule has 0 spiro atoms. The highest BCUT2D eigenvalue weighted by atomic mass is 15.2. The Hall–Kier alpha value is -1.16. The van der Waals surface area contributed by atoms with E-state index in [1.165, 1.54) is 25.7 Å². The van der Waals surface area contributed by atoms with E-state index in [0.29, 0.717) is 17.7 Å².